The van der Waals surface area contributed by atoms with Crippen molar-refractivity contribution in [1.29, 1.82) is 0 Å². The molecule has 0 spiro atoms. The van der Waals surface area contributed by atoms with E-state index in [9.17, 15) is 18.0 Å². The number of likely N-dealkylation sites (N-methyl/N-ethyl adjacent to an activating group) is 1. The zero-order valence-corrected chi connectivity index (χ0v) is 17.7. The van der Waals surface area contributed by atoms with Gasteiger partial charge in [0, 0.05) is 30.2 Å². The van der Waals surface area contributed by atoms with Gasteiger partial charge in [-0.25, -0.2) is 13.4 Å². The lowest BCUT2D eigenvalue weighted by molar-refractivity contribution is -0.140. The average molecular weight is 466 g/mol. The second-order valence-electron chi connectivity index (χ2n) is 6.38. The molecule has 0 radical (unpaired) electrons. The second kappa shape index (κ2) is 8.42. The molecule has 1 aliphatic rings. The lowest BCUT2D eigenvalue weighted by atomic mass is 10.2. The van der Waals surface area contributed by atoms with Crippen molar-refractivity contribution < 1.29 is 18.0 Å². The molecule has 0 aliphatic carbocycles. The molecule has 0 unspecified atom stereocenters. The van der Waals surface area contributed by atoms with Crippen molar-refractivity contribution in [2.24, 2.45) is 0 Å². The van der Waals surface area contributed by atoms with Gasteiger partial charge in [-0.2, -0.15) is 4.31 Å². The van der Waals surface area contributed by atoms with E-state index in [0.29, 0.717) is 25.1 Å². The van der Waals surface area contributed by atoms with Crippen LogP contribution in [0, 0.1) is 0 Å². The molecule has 1 saturated heterocycles. The summed E-state index contributed by atoms with van der Waals surface area (Å²) < 4.78 is 27.1. The van der Waals surface area contributed by atoms with Gasteiger partial charge in [0.05, 0.1) is 11.4 Å². The fourth-order valence-electron chi connectivity index (χ4n) is 2.95. The van der Waals surface area contributed by atoms with Crippen LogP contribution in [0.4, 0.5) is 0 Å². The number of carbonyl (C=O) groups is 2. The summed E-state index contributed by atoms with van der Waals surface area (Å²) in [6.45, 7) is 0.442. The molecule has 1 heterocycles. The van der Waals surface area contributed by atoms with Gasteiger partial charge in [0.25, 0.3) is 11.8 Å². The summed E-state index contributed by atoms with van der Waals surface area (Å²) >= 11 is 3.33. The molecular weight excluding hydrogens is 446 g/mol. The summed E-state index contributed by atoms with van der Waals surface area (Å²) in [4.78, 5) is 25.6. The van der Waals surface area contributed by atoms with Crippen LogP contribution in [0.1, 0.15) is 16.8 Å². The molecule has 0 aromatic heterocycles. The van der Waals surface area contributed by atoms with E-state index in [1.54, 1.807) is 42.5 Å². The van der Waals surface area contributed by atoms with Gasteiger partial charge in [0.1, 0.15) is 0 Å². The van der Waals surface area contributed by atoms with E-state index in [1.165, 1.54) is 29.2 Å². The highest BCUT2D eigenvalue weighted by atomic mass is 79.9. The largest absolute Gasteiger partial charge is 0.272 e. The lowest BCUT2D eigenvalue weighted by Crippen LogP contribution is -2.48. The Bertz CT molecular complexity index is 964. The van der Waals surface area contributed by atoms with Gasteiger partial charge in [-0.15, -0.1) is 0 Å². The topological polar surface area (TPSA) is 78.0 Å². The van der Waals surface area contributed by atoms with Crippen LogP contribution in [0.2, 0.25) is 0 Å². The molecule has 7 nitrogen and oxygen atoms in total. The molecule has 1 aliphatic heterocycles. The van der Waals surface area contributed by atoms with Crippen molar-refractivity contribution in [3.05, 3.63) is 64.6 Å². The molecule has 0 N–H and O–H groups in total. The maximum absolute atomic E-state index is 12.8. The first kappa shape index (κ1) is 20.5. The van der Waals surface area contributed by atoms with Crippen LogP contribution in [0.5, 0.6) is 0 Å². The predicted octanol–water partition coefficient (Wildman–Crippen LogP) is 2.36. The molecule has 3 rings (SSSR count). The van der Waals surface area contributed by atoms with Crippen LogP contribution in [-0.2, 0) is 14.8 Å². The molecule has 2 aromatic carbocycles. The van der Waals surface area contributed by atoms with Crippen molar-refractivity contribution in [2.75, 3.05) is 26.7 Å². The number of amides is 2. The molecule has 9 heteroatoms. The van der Waals surface area contributed by atoms with Gasteiger partial charge in [0.15, 0.2) is 0 Å². The summed E-state index contributed by atoms with van der Waals surface area (Å²) in [5.41, 5.74) is 0.466. The number of hydrazine groups is 1. The third kappa shape index (κ3) is 4.26. The Labute approximate surface area is 172 Å². The SMILES string of the molecule is CN(CC(=O)N1CCCN1C(=O)c1ccc(Br)cc1)S(=O)(=O)c1ccccc1. The highest BCUT2D eigenvalue weighted by molar-refractivity contribution is 9.10. The summed E-state index contributed by atoms with van der Waals surface area (Å²) in [6, 6.07) is 14.8. The van der Waals surface area contributed by atoms with Crippen LogP contribution in [-0.4, -0.2) is 61.2 Å². The number of sulfonamides is 1. The van der Waals surface area contributed by atoms with Gasteiger partial charge < -0.3 is 0 Å². The van der Waals surface area contributed by atoms with Gasteiger partial charge >= 0.3 is 0 Å². The lowest BCUT2D eigenvalue weighted by Gasteiger charge is -2.29. The molecule has 0 saturated carbocycles. The number of rotatable bonds is 5. The van der Waals surface area contributed by atoms with E-state index in [2.05, 4.69) is 15.9 Å². The minimum Gasteiger partial charge on any atom is -0.271 e. The van der Waals surface area contributed by atoms with Crippen LogP contribution in [0.15, 0.2) is 64.0 Å². The average Bonchev–Trinajstić information content (AvgIpc) is 3.18. The maximum Gasteiger partial charge on any atom is 0.272 e. The number of carbonyl (C=O) groups excluding carboxylic acids is 2. The Morgan fingerprint density at radius 3 is 2.25 bits per heavy atom. The monoisotopic (exact) mass is 465 g/mol. The summed E-state index contributed by atoms with van der Waals surface area (Å²) in [6.07, 6.45) is 0.642. The zero-order valence-electron chi connectivity index (χ0n) is 15.3. The standard InChI is InChI=1S/C19H20BrN3O4S/c1-21(28(26,27)17-6-3-2-4-7-17)14-18(24)22-12-5-13-23(22)19(25)15-8-10-16(20)11-9-15/h2-4,6-11H,5,12-14H2,1H3. The first-order valence-corrected chi connectivity index (χ1v) is 10.9. The van der Waals surface area contributed by atoms with E-state index in [1.807, 2.05) is 0 Å². The zero-order chi connectivity index (χ0) is 20.3. The highest BCUT2D eigenvalue weighted by Gasteiger charge is 2.33. The molecule has 28 heavy (non-hydrogen) atoms. The molecular formula is C19H20BrN3O4S. The molecule has 2 aromatic rings. The number of hydrogen-bond acceptors (Lipinski definition) is 4. The predicted molar refractivity (Wildman–Crippen MR) is 108 cm³/mol. The normalized spacial score (nSPS) is 14.5. The van der Waals surface area contributed by atoms with Crippen LogP contribution in [0.3, 0.4) is 0 Å². The Balaban J connectivity index is 1.72. The van der Waals surface area contributed by atoms with E-state index < -0.39 is 15.9 Å². The molecule has 0 bridgehead atoms. The Hall–Kier alpha value is -2.23. The summed E-state index contributed by atoms with van der Waals surface area (Å²) in [5, 5.41) is 2.72. The molecule has 148 valence electrons. The summed E-state index contributed by atoms with van der Waals surface area (Å²) in [5.74, 6) is -0.725. The quantitative estimate of drug-likeness (QED) is 0.678. The van der Waals surface area contributed by atoms with Crippen molar-refractivity contribution in [3.63, 3.8) is 0 Å². The number of benzene rings is 2. The number of nitrogens with zero attached hydrogens (tertiary/aromatic N) is 3. The van der Waals surface area contributed by atoms with Gasteiger partial charge in [0.2, 0.25) is 10.0 Å². The molecule has 2 amide bonds. The van der Waals surface area contributed by atoms with Crippen LogP contribution < -0.4 is 0 Å². The van der Waals surface area contributed by atoms with Crippen molar-refractivity contribution in [1.82, 2.24) is 14.3 Å². The minimum atomic E-state index is -3.78. The van der Waals surface area contributed by atoms with E-state index in [0.717, 1.165) is 8.78 Å². The first-order chi connectivity index (χ1) is 13.3. The van der Waals surface area contributed by atoms with Crippen LogP contribution in [0.25, 0.3) is 0 Å². The molecule has 0 atom stereocenters. The minimum absolute atomic E-state index is 0.120. The Morgan fingerprint density at radius 1 is 1.00 bits per heavy atom. The van der Waals surface area contributed by atoms with Crippen molar-refractivity contribution in [3.8, 4) is 0 Å². The smallest absolute Gasteiger partial charge is 0.271 e. The Kier molecular flexibility index (Phi) is 6.17. The highest BCUT2D eigenvalue weighted by Crippen LogP contribution is 2.19. The first-order valence-electron chi connectivity index (χ1n) is 8.70. The van der Waals surface area contributed by atoms with E-state index in [4.69, 9.17) is 0 Å². The number of halogens is 1. The van der Waals surface area contributed by atoms with Gasteiger partial charge in [-0.3, -0.25) is 14.6 Å². The van der Waals surface area contributed by atoms with E-state index in [-0.39, 0.29) is 17.3 Å². The maximum atomic E-state index is 12.8. The Morgan fingerprint density at radius 2 is 1.61 bits per heavy atom. The van der Waals surface area contributed by atoms with Crippen LogP contribution >= 0.6 is 15.9 Å². The fourth-order valence-corrected chi connectivity index (χ4v) is 4.36. The van der Waals surface area contributed by atoms with E-state index >= 15 is 0 Å². The summed E-state index contributed by atoms with van der Waals surface area (Å²) in [7, 11) is -2.42. The van der Waals surface area contributed by atoms with Crippen molar-refractivity contribution in [2.45, 2.75) is 11.3 Å². The second-order valence-corrected chi connectivity index (χ2v) is 9.34. The number of hydrogen-bond donors (Lipinski definition) is 0. The molecule has 1 fully saturated rings. The third-order valence-electron chi connectivity index (χ3n) is 4.45. The fraction of sp³-hybridized carbons (Fsp3) is 0.263. The van der Waals surface area contributed by atoms with Gasteiger partial charge in [-0.1, -0.05) is 34.1 Å². The third-order valence-corrected chi connectivity index (χ3v) is 6.80. The van der Waals surface area contributed by atoms with Crippen molar-refractivity contribution >= 4 is 37.8 Å². The van der Waals surface area contributed by atoms with Gasteiger partial charge in [-0.05, 0) is 42.8 Å².